The smallest absolute Gasteiger partial charge is 0.266 e. The number of rotatable bonds is 4. The summed E-state index contributed by atoms with van der Waals surface area (Å²) in [5.41, 5.74) is 2.64. The fourth-order valence-electron chi connectivity index (χ4n) is 2.76. The Labute approximate surface area is 177 Å². The first-order chi connectivity index (χ1) is 13.1. The third kappa shape index (κ3) is 4.03. The highest BCUT2D eigenvalue weighted by atomic mass is 79.9. The Morgan fingerprint density at radius 1 is 0.852 bits per heavy atom. The number of fused-ring (bicyclic) bond motifs is 1. The number of aromatic nitrogens is 2. The third-order valence-corrected chi connectivity index (χ3v) is 6.18. The number of nitrogens with zero attached hydrogens (tertiary/aromatic N) is 2. The summed E-state index contributed by atoms with van der Waals surface area (Å²) in [6.07, 6.45) is 0. The normalized spacial score (nSPS) is 11.0. The third-order valence-electron chi connectivity index (χ3n) is 4.11. The molecule has 1 heterocycles. The van der Waals surface area contributed by atoms with Crippen LogP contribution in [0.25, 0.3) is 16.6 Å². The standard InChI is InChI=1S/C21H14Br2N2OS/c22-15-7-5-14(6-8-15)13-27-21-24-19-4-2-1-3-18(19)20(26)25(21)17-11-9-16(23)10-12-17/h1-12H,13H2. The molecular formula is C21H14Br2N2OS. The second-order valence-electron chi connectivity index (χ2n) is 5.94. The fraction of sp³-hybridized carbons (Fsp3) is 0.0476. The van der Waals surface area contributed by atoms with Crippen molar-refractivity contribution in [2.45, 2.75) is 10.9 Å². The van der Waals surface area contributed by atoms with Gasteiger partial charge < -0.3 is 0 Å². The molecule has 27 heavy (non-hydrogen) atoms. The van der Waals surface area contributed by atoms with Crippen LogP contribution < -0.4 is 5.56 Å². The number of para-hydroxylation sites is 1. The highest BCUT2D eigenvalue weighted by Gasteiger charge is 2.13. The van der Waals surface area contributed by atoms with E-state index >= 15 is 0 Å². The molecule has 3 aromatic carbocycles. The first-order valence-electron chi connectivity index (χ1n) is 8.27. The maximum Gasteiger partial charge on any atom is 0.266 e. The molecule has 0 radical (unpaired) electrons. The average molecular weight is 502 g/mol. The molecule has 0 atom stereocenters. The van der Waals surface area contributed by atoms with E-state index < -0.39 is 0 Å². The van der Waals surface area contributed by atoms with E-state index in [1.54, 1.807) is 16.3 Å². The van der Waals surface area contributed by atoms with Crippen LogP contribution in [0.15, 0.2) is 91.7 Å². The summed E-state index contributed by atoms with van der Waals surface area (Å²) in [6, 6.07) is 23.4. The van der Waals surface area contributed by atoms with Gasteiger partial charge in [0.2, 0.25) is 0 Å². The van der Waals surface area contributed by atoms with Crippen molar-refractivity contribution in [3.63, 3.8) is 0 Å². The Kier molecular flexibility index (Phi) is 5.48. The summed E-state index contributed by atoms with van der Waals surface area (Å²) in [5, 5.41) is 1.30. The minimum absolute atomic E-state index is 0.0544. The Bertz CT molecular complexity index is 1160. The lowest BCUT2D eigenvalue weighted by Gasteiger charge is -2.13. The van der Waals surface area contributed by atoms with Crippen LogP contribution in [0.5, 0.6) is 0 Å². The van der Waals surface area contributed by atoms with Gasteiger partial charge in [0.05, 0.1) is 16.6 Å². The molecule has 0 N–H and O–H groups in total. The first kappa shape index (κ1) is 18.5. The largest absolute Gasteiger partial charge is 0.268 e. The van der Waals surface area contributed by atoms with E-state index in [0.29, 0.717) is 16.1 Å². The molecule has 4 rings (SSSR count). The van der Waals surface area contributed by atoms with Crippen LogP contribution in [0.3, 0.4) is 0 Å². The fourth-order valence-corrected chi connectivity index (χ4v) is 4.25. The van der Waals surface area contributed by atoms with Gasteiger partial charge in [-0.05, 0) is 54.1 Å². The summed E-state index contributed by atoms with van der Waals surface area (Å²) in [7, 11) is 0. The lowest BCUT2D eigenvalue weighted by atomic mass is 10.2. The van der Waals surface area contributed by atoms with Crippen LogP contribution >= 0.6 is 43.6 Å². The second-order valence-corrected chi connectivity index (χ2v) is 8.72. The van der Waals surface area contributed by atoms with Crippen LogP contribution in [-0.4, -0.2) is 9.55 Å². The van der Waals surface area contributed by atoms with Crippen LogP contribution in [0, 0.1) is 0 Å². The van der Waals surface area contributed by atoms with Gasteiger partial charge in [0.1, 0.15) is 0 Å². The summed E-state index contributed by atoms with van der Waals surface area (Å²) in [4.78, 5) is 18.0. The molecule has 4 aromatic rings. The van der Waals surface area contributed by atoms with E-state index in [4.69, 9.17) is 4.98 Å². The molecule has 1 aromatic heterocycles. The maximum atomic E-state index is 13.2. The molecule has 0 unspecified atom stereocenters. The van der Waals surface area contributed by atoms with Gasteiger partial charge in [-0.1, -0.05) is 67.9 Å². The minimum atomic E-state index is -0.0544. The SMILES string of the molecule is O=c1c2ccccc2nc(SCc2ccc(Br)cc2)n1-c1ccc(Br)cc1. The van der Waals surface area contributed by atoms with Crippen molar-refractivity contribution >= 4 is 54.5 Å². The average Bonchev–Trinajstić information content (AvgIpc) is 2.69. The number of thioether (sulfide) groups is 1. The molecule has 134 valence electrons. The molecular weight excluding hydrogens is 488 g/mol. The molecule has 0 saturated carbocycles. The van der Waals surface area contributed by atoms with Gasteiger partial charge in [-0.2, -0.15) is 0 Å². The van der Waals surface area contributed by atoms with E-state index in [0.717, 1.165) is 20.4 Å². The van der Waals surface area contributed by atoms with Crippen molar-refractivity contribution in [2.75, 3.05) is 0 Å². The summed E-state index contributed by atoms with van der Waals surface area (Å²) in [6.45, 7) is 0. The Morgan fingerprint density at radius 2 is 1.48 bits per heavy atom. The van der Waals surface area contributed by atoms with E-state index in [2.05, 4.69) is 44.0 Å². The zero-order chi connectivity index (χ0) is 18.8. The van der Waals surface area contributed by atoms with Crippen LogP contribution in [-0.2, 0) is 5.75 Å². The van der Waals surface area contributed by atoms with Crippen LogP contribution in [0.4, 0.5) is 0 Å². The lowest BCUT2D eigenvalue weighted by molar-refractivity contribution is 0.819. The highest BCUT2D eigenvalue weighted by molar-refractivity contribution is 9.10. The monoisotopic (exact) mass is 500 g/mol. The molecule has 0 aliphatic carbocycles. The highest BCUT2D eigenvalue weighted by Crippen LogP contribution is 2.26. The lowest BCUT2D eigenvalue weighted by Crippen LogP contribution is -2.21. The Hall–Kier alpha value is -1.89. The Morgan fingerprint density at radius 3 is 2.19 bits per heavy atom. The van der Waals surface area contributed by atoms with Gasteiger partial charge in [-0.3, -0.25) is 9.36 Å². The minimum Gasteiger partial charge on any atom is -0.268 e. The van der Waals surface area contributed by atoms with E-state index in [1.165, 1.54) is 5.56 Å². The molecule has 3 nitrogen and oxygen atoms in total. The van der Waals surface area contributed by atoms with Crippen molar-refractivity contribution < 1.29 is 0 Å². The summed E-state index contributed by atoms with van der Waals surface area (Å²) >= 11 is 8.47. The van der Waals surface area contributed by atoms with E-state index in [-0.39, 0.29) is 5.56 Å². The van der Waals surface area contributed by atoms with Crippen molar-refractivity contribution in [3.8, 4) is 5.69 Å². The van der Waals surface area contributed by atoms with E-state index in [9.17, 15) is 4.79 Å². The van der Waals surface area contributed by atoms with Gasteiger partial charge >= 0.3 is 0 Å². The summed E-state index contributed by atoms with van der Waals surface area (Å²) in [5.74, 6) is 0.731. The first-order valence-corrected chi connectivity index (χ1v) is 10.8. The van der Waals surface area contributed by atoms with Gasteiger partial charge in [0.25, 0.3) is 5.56 Å². The van der Waals surface area contributed by atoms with Crippen molar-refractivity contribution in [1.82, 2.24) is 9.55 Å². The molecule has 0 amide bonds. The number of hydrogen-bond acceptors (Lipinski definition) is 3. The topological polar surface area (TPSA) is 34.9 Å². The maximum absolute atomic E-state index is 13.2. The molecule has 0 spiro atoms. The molecule has 0 aliphatic rings. The molecule has 0 bridgehead atoms. The molecule has 0 aliphatic heterocycles. The number of benzene rings is 3. The number of hydrogen-bond donors (Lipinski definition) is 0. The van der Waals surface area contributed by atoms with Crippen LogP contribution in [0.1, 0.15) is 5.56 Å². The van der Waals surface area contributed by atoms with Crippen LogP contribution in [0.2, 0.25) is 0 Å². The number of halogens is 2. The Balaban J connectivity index is 1.81. The quantitative estimate of drug-likeness (QED) is 0.246. The van der Waals surface area contributed by atoms with E-state index in [1.807, 2.05) is 60.7 Å². The van der Waals surface area contributed by atoms with Gasteiger partial charge in [-0.25, -0.2) is 4.98 Å². The van der Waals surface area contributed by atoms with Gasteiger partial charge in [0.15, 0.2) is 5.16 Å². The van der Waals surface area contributed by atoms with Crippen molar-refractivity contribution in [3.05, 3.63) is 97.7 Å². The zero-order valence-electron chi connectivity index (χ0n) is 14.1. The predicted molar refractivity (Wildman–Crippen MR) is 119 cm³/mol. The molecule has 0 fully saturated rings. The van der Waals surface area contributed by atoms with Gasteiger partial charge in [0, 0.05) is 14.7 Å². The second kappa shape index (κ2) is 8.00. The zero-order valence-corrected chi connectivity index (χ0v) is 18.1. The predicted octanol–water partition coefficient (Wildman–Crippen LogP) is 6.20. The van der Waals surface area contributed by atoms with Crippen molar-refractivity contribution in [1.29, 1.82) is 0 Å². The van der Waals surface area contributed by atoms with Crippen molar-refractivity contribution in [2.24, 2.45) is 0 Å². The molecule has 0 saturated heterocycles. The molecule has 6 heteroatoms. The summed E-state index contributed by atoms with van der Waals surface area (Å²) < 4.78 is 3.71. The van der Waals surface area contributed by atoms with Gasteiger partial charge in [-0.15, -0.1) is 0 Å².